The van der Waals surface area contributed by atoms with E-state index in [1.165, 1.54) is 18.2 Å². The smallest absolute Gasteiger partial charge is 0.311 e. The molecule has 2 rings (SSSR count). The van der Waals surface area contributed by atoms with Crippen LogP contribution >= 0.6 is 11.6 Å². The van der Waals surface area contributed by atoms with Gasteiger partial charge in [0.05, 0.1) is 21.0 Å². The van der Waals surface area contributed by atoms with Crippen molar-refractivity contribution in [2.24, 2.45) is 5.41 Å². The van der Waals surface area contributed by atoms with E-state index in [0.29, 0.717) is 12.1 Å². The van der Waals surface area contributed by atoms with Gasteiger partial charge >= 0.3 is 5.97 Å². The Balaban J connectivity index is 2.22. The molecule has 0 heterocycles. The summed E-state index contributed by atoms with van der Waals surface area (Å²) in [5, 5.41) is 23.3. The van der Waals surface area contributed by atoms with Crippen molar-refractivity contribution in [3.63, 3.8) is 0 Å². The van der Waals surface area contributed by atoms with E-state index in [2.05, 4.69) is 5.32 Å². The molecule has 7 heteroatoms. The van der Waals surface area contributed by atoms with Gasteiger partial charge in [-0.1, -0.05) is 18.0 Å². The first-order chi connectivity index (χ1) is 9.34. The monoisotopic (exact) mass is 298 g/mol. The summed E-state index contributed by atoms with van der Waals surface area (Å²) in [4.78, 5) is 21.5. The number of nitrogens with one attached hydrogen (secondary N) is 1. The second kappa shape index (κ2) is 5.28. The molecule has 0 radical (unpaired) electrons. The molecule has 0 spiro atoms. The van der Waals surface area contributed by atoms with E-state index >= 15 is 0 Å². The molecule has 1 aromatic rings. The molecule has 20 heavy (non-hydrogen) atoms. The minimum Gasteiger partial charge on any atom is -0.481 e. The lowest BCUT2D eigenvalue weighted by Crippen LogP contribution is -2.40. The zero-order valence-corrected chi connectivity index (χ0v) is 11.7. The van der Waals surface area contributed by atoms with Crippen LogP contribution in [0.15, 0.2) is 18.2 Å². The van der Waals surface area contributed by atoms with Crippen molar-refractivity contribution in [2.45, 2.75) is 32.2 Å². The quantitative estimate of drug-likeness (QED) is 0.657. The highest BCUT2D eigenvalue weighted by Crippen LogP contribution is 2.41. The standard InChI is InChI=1S/C13H15ClN2O4/c1-13(12(17)18)6-2-3-11(13)15-10-5-4-8(16(19)20)7-9(10)14/h4-5,7,11,15H,2-3,6H2,1H3,(H,17,18). The Morgan fingerprint density at radius 3 is 2.85 bits per heavy atom. The normalized spacial score (nSPS) is 25.4. The summed E-state index contributed by atoms with van der Waals surface area (Å²) in [6.45, 7) is 1.71. The molecule has 0 aliphatic heterocycles. The number of rotatable bonds is 4. The molecule has 0 saturated heterocycles. The van der Waals surface area contributed by atoms with Gasteiger partial charge in [-0.25, -0.2) is 0 Å². The molecule has 6 nitrogen and oxygen atoms in total. The van der Waals surface area contributed by atoms with Gasteiger partial charge < -0.3 is 10.4 Å². The zero-order chi connectivity index (χ0) is 14.9. The van der Waals surface area contributed by atoms with Crippen LogP contribution in [0.2, 0.25) is 5.02 Å². The molecule has 108 valence electrons. The predicted molar refractivity (Wildman–Crippen MR) is 75.1 cm³/mol. The maximum absolute atomic E-state index is 11.4. The molecule has 0 bridgehead atoms. The first-order valence-corrected chi connectivity index (χ1v) is 6.66. The molecule has 1 fully saturated rings. The number of hydrogen-bond acceptors (Lipinski definition) is 4. The average molecular weight is 299 g/mol. The van der Waals surface area contributed by atoms with E-state index in [0.717, 1.165) is 12.8 Å². The summed E-state index contributed by atoms with van der Waals surface area (Å²) in [7, 11) is 0. The number of nitro benzene ring substituents is 1. The van der Waals surface area contributed by atoms with E-state index in [1.54, 1.807) is 6.92 Å². The Morgan fingerprint density at radius 1 is 1.60 bits per heavy atom. The van der Waals surface area contributed by atoms with E-state index in [-0.39, 0.29) is 16.8 Å². The number of anilines is 1. The second-order valence-electron chi connectivity index (χ2n) is 5.23. The third-order valence-corrected chi connectivity index (χ3v) is 4.25. The second-order valence-corrected chi connectivity index (χ2v) is 5.64. The lowest BCUT2D eigenvalue weighted by atomic mass is 9.85. The number of carboxylic acid groups (broad SMARTS) is 1. The van der Waals surface area contributed by atoms with Crippen molar-refractivity contribution in [1.29, 1.82) is 0 Å². The van der Waals surface area contributed by atoms with Crippen molar-refractivity contribution in [3.8, 4) is 0 Å². The van der Waals surface area contributed by atoms with Crippen molar-refractivity contribution in [1.82, 2.24) is 0 Å². The number of aliphatic carboxylic acids is 1. The first kappa shape index (κ1) is 14.6. The Morgan fingerprint density at radius 2 is 2.30 bits per heavy atom. The first-order valence-electron chi connectivity index (χ1n) is 6.28. The molecule has 1 aromatic carbocycles. The summed E-state index contributed by atoms with van der Waals surface area (Å²) < 4.78 is 0. The van der Waals surface area contributed by atoms with E-state index < -0.39 is 16.3 Å². The highest BCUT2D eigenvalue weighted by Gasteiger charge is 2.45. The van der Waals surface area contributed by atoms with Gasteiger partial charge in [0.2, 0.25) is 0 Å². The molecular weight excluding hydrogens is 284 g/mol. The Kier molecular flexibility index (Phi) is 3.85. The summed E-state index contributed by atoms with van der Waals surface area (Å²) in [6, 6.07) is 3.89. The number of halogens is 1. The number of nitro groups is 1. The highest BCUT2D eigenvalue weighted by atomic mass is 35.5. The maximum atomic E-state index is 11.4. The van der Waals surface area contributed by atoms with Crippen LogP contribution in [-0.4, -0.2) is 22.0 Å². The number of benzene rings is 1. The van der Waals surface area contributed by atoms with E-state index in [4.69, 9.17) is 11.6 Å². The molecule has 2 atom stereocenters. The van der Waals surface area contributed by atoms with Gasteiger partial charge in [0.15, 0.2) is 0 Å². The third-order valence-electron chi connectivity index (χ3n) is 3.94. The molecular formula is C13H15ClN2O4. The van der Waals surface area contributed by atoms with E-state index in [9.17, 15) is 20.0 Å². The van der Waals surface area contributed by atoms with Crippen LogP contribution < -0.4 is 5.32 Å². The molecule has 0 aromatic heterocycles. The van der Waals surface area contributed by atoms with Crippen LogP contribution in [0.3, 0.4) is 0 Å². The largest absolute Gasteiger partial charge is 0.481 e. The Hall–Kier alpha value is -1.82. The van der Waals surface area contributed by atoms with Crippen LogP contribution in [0.25, 0.3) is 0 Å². The summed E-state index contributed by atoms with van der Waals surface area (Å²) in [5.74, 6) is -0.842. The molecule has 2 unspecified atom stereocenters. The number of carbonyl (C=O) groups is 1. The van der Waals surface area contributed by atoms with Crippen molar-refractivity contribution >= 4 is 28.9 Å². The third kappa shape index (κ3) is 2.56. The van der Waals surface area contributed by atoms with Gasteiger partial charge in [-0.3, -0.25) is 14.9 Å². The molecule has 2 N–H and O–H groups in total. The van der Waals surface area contributed by atoms with Crippen LogP contribution in [0.1, 0.15) is 26.2 Å². The van der Waals surface area contributed by atoms with Gasteiger partial charge in [-0.2, -0.15) is 0 Å². The number of carboxylic acids is 1. The molecule has 0 amide bonds. The molecule has 1 aliphatic carbocycles. The van der Waals surface area contributed by atoms with Gasteiger partial charge in [-0.15, -0.1) is 0 Å². The summed E-state index contributed by atoms with van der Waals surface area (Å²) in [6.07, 6.45) is 2.16. The number of nitrogens with zero attached hydrogens (tertiary/aromatic N) is 1. The minimum absolute atomic E-state index is 0.0898. The van der Waals surface area contributed by atoms with E-state index in [1.807, 2.05) is 0 Å². The van der Waals surface area contributed by atoms with Gasteiger partial charge in [0, 0.05) is 18.2 Å². The van der Waals surface area contributed by atoms with Crippen molar-refractivity contribution < 1.29 is 14.8 Å². The summed E-state index contributed by atoms with van der Waals surface area (Å²) >= 11 is 6.01. The molecule has 1 saturated carbocycles. The maximum Gasteiger partial charge on any atom is 0.311 e. The van der Waals surface area contributed by atoms with Gasteiger partial charge in [-0.05, 0) is 25.8 Å². The fourth-order valence-electron chi connectivity index (χ4n) is 2.58. The van der Waals surface area contributed by atoms with Gasteiger partial charge in [0.25, 0.3) is 5.69 Å². The highest BCUT2D eigenvalue weighted by molar-refractivity contribution is 6.33. The number of hydrogen-bond donors (Lipinski definition) is 2. The summed E-state index contributed by atoms with van der Waals surface area (Å²) in [5.41, 5.74) is -0.407. The lowest BCUT2D eigenvalue weighted by molar-refractivity contribution is -0.384. The minimum atomic E-state index is -0.842. The van der Waals surface area contributed by atoms with Crippen molar-refractivity contribution in [3.05, 3.63) is 33.3 Å². The predicted octanol–water partition coefficient (Wildman–Crippen LogP) is 3.30. The van der Waals surface area contributed by atoms with Crippen LogP contribution in [-0.2, 0) is 4.79 Å². The zero-order valence-electron chi connectivity index (χ0n) is 10.9. The van der Waals surface area contributed by atoms with Crippen molar-refractivity contribution in [2.75, 3.05) is 5.32 Å². The van der Waals surface area contributed by atoms with Gasteiger partial charge in [0.1, 0.15) is 0 Å². The molecule has 1 aliphatic rings. The average Bonchev–Trinajstić information content (AvgIpc) is 2.74. The Bertz CT molecular complexity index is 563. The van der Waals surface area contributed by atoms with Crippen LogP contribution in [0.5, 0.6) is 0 Å². The lowest BCUT2D eigenvalue weighted by Gasteiger charge is -2.28. The number of non-ortho nitro benzene ring substituents is 1. The Labute approximate surface area is 120 Å². The van der Waals surface area contributed by atoms with Crippen LogP contribution in [0, 0.1) is 15.5 Å². The topological polar surface area (TPSA) is 92.5 Å². The fourth-order valence-corrected chi connectivity index (χ4v) is 2.81. The van der Waals surface area contributed by atoms with Crippen LogP contribution in [0.4, 0.5) is 11.4 Å². The fraction of sp³-hybridized carbons (Fsp3) is 0.462. The SMILES string of the molecule is CC1(C(=O)O)CCCC1Nc1ccc([N+](=O)[O-])cc1Cl.